The van der Waals surface area contributed by atoms with Gasteiger partial charge in [-0.3, -0.25) is 4.79 Å². The van der Waals surface area contributed by atoms with Crippen molar-refractivity contribution in [2.45, 2.75) is 6.54 Å². The van der Waals surface area contributed by atoms with Gasteiger partial charge in [0.25, 0.3) is 5.91 Å². The van der Waals surface area contributed by atoms with Crippen LogP contribution in [0.2, 0.25) is 0 Å². The Morgan fingerprint density at radius 1 is 1.53 bits per heavy atom. The number of carbonyl (C=O) groups excluding carboxylic acids is 1. The van der Waals surface area contributed by atoms with Crippen LogP contribution in [0.4, 0.5) is 0 Å². The molecule has 76 valence electrons. The zero-order valence-electron chi connectivity index (χ0n) is 8.57. The number of methoxy groups -OCH3 is 1. The number of hydrogen-bond acceptors (Lipinski definition) is 3. The van der Waals surface area contributed by atoms with Crippen molar-refractivity contribution in [2.24, 2.45) is 0 Å². The summed E-state index contributed by atoms with van der Waals surface area (Å²) in [7, 11) is 3.23. The molecule has 0 bridgehead atoms. The predicted molar refractivity (Wildman–Crippen MR) is 53.5 cm³/mol. The SMILES string of the molecule is COc1cc(C#N)cc2c1C(=O)N(C)C2. The predicted octanol–water partition coefficient (Wildman–Crippen LogP) is 1.15. The van der Waals surface area contributed by atoms with Gasteiger partial charge in [-0.1, -0.05) is 0 Å². The fourth-order valence-corrected chi connectivity index (χ4v) is 1.78. The third-order valence-corrected chi connectivity index (χ3v) is 2.50. The highest BCUT2D eigenvalue weighted by Crippen LogP contribution is 2.31. The first-order chi connectivity index (χ1) is 7.17. The first-order valence-corrected chi connectivity index (χ1v) is 4.54. The van der Waals surface area contributed by atoms with E-state index in [2.05, 4.69) is 6.07 Å². The molecule has 1 heterocycles. The quantitative estimate of drug-likeness (QED) is 0.686. The second-order valence-corrected chi connectivity index (χ2v) is 3.49. The van der Waals surface area contributed by atoms with Gasteiger partial charge >= 0.3 is 0 Å². The Balaban J connectivity index is 2.64. The lowest BCUT2D eigenvalue weighted by Gasteiger charge is -2.06. The van der Waals surface area contributed by atoms with Crippen LogP contribution in [-0.2, 0) is 6.54 Å². The minimum Gasteiger partial charge on any atom is -0.496 e. The lowest BCUT2D eigenvalue weighted by Crippen LogP contribution is -2.17. The Morgan fingerprint density at radius 2 is 2.27 bits per heavy atom. The zero-order valence-corrected chi connectivity index (χ0v) is 8.57. The van der Waals surface area contributed by atoms with Crippen LogP contribution in [-0.4, -0.2) is 25.0 Å². The Hall–Kier alpha value is -2.02. The van der Waals surface area contributed by atoms with Crippen LogP contribution >= 0.6 is 0 Å². The normalized spacial score (nSPS) is 13.7. The van der Waals surface area contributed by atoms with E-state index in [-0.39, 0.29) is 5.91 Å². The molecular formula is C11H10N2O2. The fourth-order valence-electron chi connectivity index (χ4n) is 1.78. The lowest BCUT2D eigenvalue weighted by atomic mass is 10.1. The van der Waals surface area contributed by atoms with Gasteiger partial charge in [0.2, 0.25) is 0 Å². The van der Waals surface area contributed by atoms with Crippen LogP contribution in [0.25, 0.3) is 0 Å². The molecule has 1 aliphatic heterocycles. The maximum atomic E-state index is 11.7. The fraction of sp³-hybridized carbons (Fsp3) is 0.273. The number of benzene rings is 1. The Kier molecular flexibility index (Phi) is 2.09. The van der Waals surface area contributed by atoms with Crippen LogP contribution in [0.1, 0.15) is 21.5 Å². The van der Waals surface area contributed by atoms with Crippen molar-refractivity contribution in [3.05, 3.63) is 28.8 Å². The summed E-state index contributed by atoms with van der Waals surface area (Å²) in [6.45, 7) is 0.542. The van der Waals surface area contributed by atoms with E-state index in [0.29, 0.717) is 23.4 Å². The number of nitriles is 1. The smallest absolute Gasteiger partial charge is 0.258 e. The Bertz CT molecular complexity index is 474. The van der Waals surface area contributed by atoms with Gasteiger partial charge in [0.1, 0.15) is 5.75 Å². The van der Waals surface area contributed by atoms with Crippen molar-refractivity contribution in [1.29, 1.82) is 5.26 Å². The molecule has 2 rings (SSSR count). The molecule has 0 aromatic heterocycles. The molecular weight excluding hydrogens is 192 g/mol. The van der Waals surface area contributed by atoms with Crippen molar-refractivity contribution in [3.8, 4) is 11.8 Å². The van der Waals surface area contributed by atoms with Crippen LogP contribution in [0.5, 0.6) is 5.75 Å². The molecule has 0 atom stereocenters. The van der Waals surface area contributed by atoms with E-state index in [1.165, 1.54) is 7.11 Å². The van der Waals surface area contributed by atoms with E-state index in [9.17, 15) is 4.79 Å². The second kappa shape index (κ2) is 3.28. The van der Waals surface area contributed by atoms with Crippen molar-refractivity contribution in [1.82, 2.24) is 4.90 Å². The summed E-state index contributed by atoms with van der Waals surface area (Å²) in [5, 5.41) is 8.82. The topological polar surface area (TPSA) is 53.3 Å². The standard InChI is InChI=1S/C11H10N2O2/c1-13-6-8-3-7(5-12)4-9(15-2)10(8)11(13)14/h3-4H,6H2,1-2H3. The van der Waals surface area contributed by atoms with Crippen molar-refractivity contribution < 1.29 is 9.53 Å². The molecule has 15 heavy (non-hydrogen) atoms. The molecule has 0 unspecified atom stereocenters. The molecule has 1 amide bonds. The van der Waals surface area contributed by atoms with Gasteiger partial charge in [-0.25, -0.2) is 0 Å². The van der Waals surface area contributed by atoms with Gasteiger partial charge in [0, 0.05) is 13.6 Å². The number of rotatable bonds is 1. The molecule has 0 N–H and O–H groups in total. The molecule has 0 spiro atoms. The highest BCUT2D eigenvalue weighted by molar-refractivity contribution is 6.01. The molecule has 0 saturated carbocycles. The largest absolute Gasteiger partial charge is 0.496 e. The molecule has 1 aromatic carbocycles. The summed E-state index contributed by atoms with van der Waals surface area (Å²) in [6, 6.07) is 5.38. The highest BCUT2D eigenvalue weighted by Gasteiger charge is 2.28. The van der Waals surface area contributed by atoms with E-state index in [4.69, 9.17) is 10.00 Å². The Morgan fingerprint density at radius 3 is 2.87 bits per heavy atom. The average Bonchev–Trinajstić information content (AvgIpc) is 2.53. The summed E-state index contributed by atoms with van der Waals surface area (Å²) in [5.41, 5.74) is 1.96. The van der Waals surface area contributed by atoms with Crippen molar-refractivity contribution >= 4 is 5.91 Å². The van der Waals surface area contributed by atoms with Crippen molar-refractivity contribution in [2.75, 3.05) is 14.2 Å². The number of carbonyl (C=O) groups is 1. The van der Waals surface area contributed by atoms with Gasteiger partial charge in [-0.05, 0) is 17.7 Å². The van der Waals surface area contributed by atoms with Crippen molar-refractivity contribution in [3.63, 3.8) is 0 Å². The third-order valence-electron chi connectivity index (χ3n) is 2.50. The van der Waals surface area contributed by atoms with Crippen LogP contribution in [0.3, 0.4) is 0 Å². The molecule has 1 aromatic rings. The van der Waals surface area contributed by atoms with Gasteiger partial charge in [0.05, 0.1) is 24.3 Å². The summed E-state index contributed by atoms with van der Waals surface area (Å²) >= 11 is 0. The van der Waals surface area contributed by atoms with E-state index < -0.39 is 0 Å². The number of fused-ring (bicyclic) bond motifs is 1. The van der Waals surface area contributed by atoms with Gasteiger partial charge < -0.3 is 9.64 Å². The van der Waals surface area contributed by atoms with Crippen LogP contribution < -0.4 is 4.74 Å². The number of nitrogens with zero attached hydrogens (tertiary/aromatic N) is 2. The van der Waals surface area contributed by atoms with E-state index in [0.717, 1.165) is 5.56 Å². The molecule has 1 aliphatic rings. The lowest BCUT2D eigenvalue weighted by molar-refractivity contribution is 0.0814. The number of amides is 1. The van der Waals surface area contributed by atoms with E-state index in [1.807, 2.05) is 0 Å². The van der Waals surface area contributed by atoms with Crippen LogP contribution in [0.15, 0.2) is 12.1 Å². The van der Waals surface area contributed by atoms with Gasteiger partial charge in [-0.2, -0.15) is 5.26 Å². The minimum absolute atomic E-state index is 0.0497. The first-order valence-electron chi connectivity index (χ1n) is 4.54. The monoisotopic (exact) mass is 202 g/mol. The minimum atomic E-state index is -0.0497. The van der Waals surface area contributed by atoms with Gasteiger partial charge in [-0.15, -0.1) is 0 Å². The summed E-state index contributed by atoms with van der Waals surface area (Å²) in [4.78, 5) is 13.3. The zero-order chi connectivity index (χ0) is 11.0. The maximum Gasteiger partial charge on any atom is 0.258 e. The maximum absolute atomic E-state index is 11.7. The molecule has 0 saturated heterocycles. The average molecular weight is 202 g/mol. The Labute approximate surface area is 87.7 Å². The van der Waals surface area contributed by atoms with Crippen LogP contribution in [0, 0.1) is 11.3 Å². The second-order valence-electron chi connectivity index (χ2n) is 3.49. The van der Waals surface area contributed by atoms with E-state index >= 15 is 0 Å². The summed E-state index contributed by atoms with van der Waals surface area (Å²) in [5.74, 6) is 0.435. The molecule has 0 fully saturated rings. The molecule has 0 radical (unpaired) electrons. The summed E-state index contributed by atoms with van der Waals surface area (Å²) < 4.78 is 5.12. The number of ether oxygens (including phenoxy) is 1. The third kappa shape index (κ3) is 1.33. The van der Waals surface area contributed by atoms with E-state index in [1.54, 1.807) is 24.1 Å². The van der Waals surface area contributed by atoms with Gasteiger partial charge in [0.15, 0.2) is 0 Å². The molecule has 4 heteroatoms. The first kappa shape index (κ1) is 9.53. The summed E-state index contributed by atoms with van der Waals surface area (Å²) in [6.07, 6.45) is 0. The molecule has 4 nitrogen and oxygen atoms in total. The number of hydrogen-bond donors (Lipinski definition) is 0. The highest BCUT2D eigenvalue weighted by atomic mass is 16.5. The molecule has 0 aliphatic carbocycles.